The van der Waals surface area contributed by atoms with Gasteiger partial charge in [-0.15, -0.1) is 0 Å². The molecule has 1 fully saturated rings. The summed E-state index contributed by atoms with van der Waals surface area (Å²) in [5.41, 5.74) is 1.25. The van der Waals surface area contributed by atoms with E-state index in [2.05, 4.69) is 28.4 Å². The van der Waals surface area contributed by atoms with E-state index < -0.39 is 0 Å². The minimum Gasteiger partial charge on any atom is -0.493 e. The SMILES string of the molecule is CCOCCCOc1cccc(N2CCNCC2)c1. The van der Waals surface area contributed by atoms with Crippen LogP contribution in [0.25, 0.3) is 0 Å². The van der Waals surface area contributed by atoms with Crippen molar-refractivity contribution in [2.24, 2.45) is 0 Å². The second kappa shape index (κ2) is 8.02. The molecule has 0 radical (unpaired) electrons. The fraction of sp³-hybridized carbons (Fsp3) is 0.600. The molecule has 0 aromatic heterocycles. The summed E-state index contributed by atoms with van der Waals surface area (Å²) in [6, 6.07) is 8.37. The monoisotopic (exact) mass is 264 g/mol. The Bertz CT molecular complexity index is 365. The van der Waals surface area contributed by atoms with Gasteiger partial charge in [-0.2, -0.15) is 0 Å². The molecular weight excluding hydrogens is 240 g/mol. The fourth-order valence-corrected chi connectivity index (χ4v) is 2.19. The van der Waals surface area contributed by atoms with Crippen LogP contribution in [0.3, 0.4) is 0 Å². The first-order chi connectivity index (χ1) is 9.40. The van der Waals surface area contributed by atoms with E-state index in [0.717, 1.165) is 51.6 Å². The molecule has 4 nitrogen and oxygen atoms in total. The number of ether oxygens (including phenoxy) is 2. The van der Waals surface area contributed by atoms with E-state index in [-0.39, 0.29) is 0 Å². The van der Waals surface area contributed by atoms with Crippen molar-refractivity contribution in [3.8, 4) is 5.75 Å². The van der Waals surface area contributed by atoms with Gasteiger partial charge in [0, 0.05) is 57.6 Å². The molecule has 106 valence electrons. The molecule has 0 spiro atoms. The van der Waals surface area contributed by atoms with Crippen molar-refractivity contribution in [1.29, 1.82) is 0 Å². The number of anilines is 1. The smallest absolute Gasteiger partial charge is 0.121 e. The first-order valence-corrected chi connectivity index (χ1v) is 7.16. The van der Waals surface area contributed by atoms with Gasteiger partial charge in [-0.25, -0.2) is 0 Å². The highest BCUT2D eigenvalue weighted by Gasteiger charge is 2.10. The fourth-order valence-electron chi connectivity index (χ4n) is 2.19. The van der Waals surface area contributed by atoms with E-state index in [0.29, 0.717) is 6.61 Å². The molecule has 19 heavy (non-hydrogen) atoms. The topological polar surface area (TPSA) is 33.7 Å². The lowest BCUT2D eigenvalue weighted by atomic mass is 10.2. The van der Waals surface area contributed by atoms with Crippen LogP contribution < -0.4 is 15.0 Å². The Balaban J connectivity index is 1.81. The van der Waals surface area contributed by atoms with E-state index in [1.54, 1.807) is 0 Å². The van der Waals surface area contributed by atoms with E-state index >= 15 is 0 Å². The zero-order chi connectivity index (χ0) is 13.3. The lowest BCUT2D eigenvalue weighted by Gasteiger charge is -2.29. The molecule has 2 rings (SSSR count). The van der Waals surface area contributed by atoms with Crippen molar-refractivity contribution >= 4 is 5.69 Å². The Hall–Kier alpha value is -1.26. The van der Waals surface area contributed by atoms with Gasteiger partial charge in [-0.05, 0) is 19.1 Å². The molecular formula is C15H24N2O2. The lowest BCUT2D eigenvalue weighted by Crippen LogP contribution is -2.43. The molecule has 0 saturated carbocycles. The number of nitrogens with one attached hydrogen (secondary N) is 1. The first-order valence-electron chi connectivity index (χ1n) is 7.16. The molecule has 4 heteroatoms. The maximum absolute atomic E-state index is 5.76. The summed E-state index contributed by atoms with van der Waals surface area (Å²) in [4.78, 5) is 2.39. The largest absolute Gasteiger partial charge is 0.493 e. The Labute approximate surface area is 115 Å². The van der Waals surface area contributed by atoms with E-state index in [1.807, 2.05) is 13.0 Å². The summed E-state index contributed by atoms with van der Waals surface area (Å²) in [5, 5.41) is 3.37. The normalized spacial score (nSPS) is 15.5. The van der Waals surface area contributed by atoms with Crippen molar-refractivity contribution in [3.63, 3.8) is 0 Å². The average Bonchev–Trinajstić information content (AvgIpc) is 2.48. The van der Waals surface area contributed by atoms with Gasteiger partial charge in [0.05, 0.1) is 6.61 Å². The van der Waals surface area contributed by atoms with Crippen LogP contribution >= 0.6 is 0 Å². The third-order valence-corrected chi connectivity index (χ3v) is 3.21. The highest BCUT2D eigenvalue weighted by molar-refractivity contribution is 5.51. The predicted octanol–water partition coefficient (Wildman–Crippen LogP) is 1.90. The molecule has 1 N–H and O–H groups in total. The molecule has 0 bridgehead atoms. The molecule has 1 saturated heterocycles. The number of hydrogen-bond acceptors (Lipinski definition) is 4. The van der Waals surface area contributed by atoms with E-state index in [9.17, 15) is 0 Å². The second-order valence-corrected chi connectivity index (χ2v) is 4.63. The Morgan fingerprint density at radius 1 is 1.21 bits per heavy atom. The summed E-state index contributed by atoms with van der Waals surface area (Å²) in [6.07, 6.45) is 0.936. The Morgan fingerprint density at radius 2 is 2.05 bits per heavy atom. The number of benzene rings is 1. The molecule has 1 aromatic carbocycles. The molecule has 1 aliphatic heterocycles. The van der Waals surface area contributed by atoms with Crippen LogP contribution in [0.5, 0.6) is 5.75 Å². The predicted molar refractivity (Wildman–Crippen MR) is 78.1 cm³/mol. The Morgan fingerprint density at radius 3 is 2.84 bits per heavy atom. The van der Waals surface area contributed by atoms with Crippen molar-refractivity contribution in [3.05, 3.63) is 24.3 Å². The van der Waals surface area contributed by atoms with Gasteiger partial charge in [0.25, 0.3) is 0 Å². The highest BCUT2D eigenvalue weighted by Crippen LogP contribution is 2.21. The highest BCUT2D eigenvalue weighted by atomic mass is 16.5. The summed E-state index contributed by atoms with van der Waals surface area (Å²) >= 11 is 0. The van der Waals surface area contributed by atoms with Gasteiger partial charge in [0.15, 0.2) is 0 Å². The van der Waals surface area contributed by atoms with Gasteiger partial charge < -0.3 is 19.7 Å². The van der Waals surface area contributed by atoms with Crippen LogP contribution in [-0.2, 0) is 4.74 Å². The molecule has 1 aromatic rings. The number of nitrogens with zero attached hydrogens (tertiary/aromatic N) is 1. The van der Waals surface area contributed by atoms with Crippen molar-refractivity contribution in [2.75, 3.05) is 50.9 Å². The standard InChI is InChI=1S/C15H24N2O2/c1-2-18-11-4-12-19-15-6-3-5-14(13-15)17-9-7-16-8-10-17/h3,5-6,13,16H,2,4,7-12H2,1H3. The summed E-state index contributed by atoms with van der Waals surface area (Å²) < 4.78 is 11.1. The zero-order valence-corrected chi connectivity index (χ0v) is 11.7. The van der Waals surface area contributed by atoms with E-state index in [1.165, 1.54) is 5.69 Å². The molecule has 0 atom stereocenters. The molecule has 0 amide bonds. The first kappa shape index (κ1) is 14.2. The maximum atomic E-state index is 5.76. The van der Waals surface area contributed by atoms with Gasteiger partial charge in [-0.1, -0.05) is 6.07 Å². The Kier molecular flexibility index (Phi) is 5.98. The number of hydrogen-bond donors (Lipinski definition) is 1. The minimum absolute atomic E-state index is 0.713. The van der Waals surface area contributed by atoms with Crippen molar-refractivity contribution < 1.29 is 9.47 Å². The van der Waals surface area contributed by atoms with Gasteiger partial charge in [-0.3, -0.25) is 0 Å². The van der Waals surface area contributed by atoms with Crippen LogP contribution in [0.1, 0.15) is 13.3 Å². The third-order valence-electron chi connectivity index (χ3n) is 3.21. The number of piperazine rings is 1. The van der Waals surface area contributed by atoms with Gasteiger partial charge >= 0.3 is 0 Å². The molecule has 0 aliphatic carbocycles. The second-order valence-electron chi connectivity index (χ2n) is 4.63. The van der Waals surface area contributed by atoms with Crippen LogP contribution in [-0.4, -0.2) is 46.0 Å². The molecule has 1 heterocycles. The minimum atomic E-state index is 0.713. The van der Waals surface area contributed by atoms with Crippen LogP contribution in [0, 0.1) is 0 Å². The van der Waals surface area contributed by atoms with Crippen molar-refractivity contribution in [1.82, 2.24) is 5.32 Å². The average molecular weight is 264 g/mol. The lowest BCUT2D eigenvalue weighted by molar-refractivity contribution is 0.131. The summed E-state index contributed by atoms with van der Waals surface area (Å²) in [5.74, 6) is 0.951. The van der Waals surface area contributed by atoms with Gasteiger partial charge in [0.1, 0.15) is 5.75 Å². The van der Waals surface area contributed by atoms with Crippen LogP contribution in [0.15, 0.2) is 24.3 Å². The molecule has 0 unspecified atom stereocenters. The summed E-state index contributed by atoms with van der Waals surface area (Å²) in [7, 11) is 0. The van der Waals surface area contributed by atoms with Crippen molar-refractivity contribution in [2.45, 2.75) is 13.3 Å². The van der Waals surface area contributed by atoms with Gasteiger partial charge in [0.2, 0.25) is 0 Å². The van der Waals surface area contributed by atoms with Crippen LogP contribution in [0.4, 0.5) is 5.69 Å². The number of rotatable bonds is 7. The van der Waals surface area contributed by atoms with Crippen LogP contribution in [0.2, 0.25) is 0 Å². The zero-order valence-electron chi connectivity index (χ0n) is 11.7. The quantitative estimate of drug-likeness (QED) is 0.763. The third kappa shape index (κ3) is 4.73. The maximum Gasteiger partial charge on any atom is 0.121 e. The summed E-state index contributed by atoms with van der Waals surface area (Å²) in [6.45, 7) is 8.51. The van der Waals surface area contributed by atoms with E-state index in [4.69, 9.17) is 9.47 Å². The molecule has 1 aliphatic rings.